The second-order valence-electron chi connectivity index (χ2n) is 2.28. The molecule has 2 N–H and O–H groups in total. The minimum Gasteiger partial charge on any atom is -0.197 e. The molecule has 0 rings (SSSR count). The molecule has 0 bridgehead atoms. The van der Waals surface area contributed by atoms with Crippen LogP contribution in [0.3, 0.4) is 0 Å². The van der Waals surface area contributed by atoms with E-state index in [0.717, 1.165) is 0 Å². The first-order chi connectivity index (χ1) is 6.12. The Balaban J connectivity index is 4.03. The maximum Gasteiger partial charge on any atom is 0.402 e. The highest BCUT2D eigenvalue weighted by atomic mass is 35.5. The molecule has 9 heteroatoms. The van der Waals surface area contributed by atoms with Gasteiger partial charge < -0.3 is 0 Å². The van der Waals surface area contributed by atoms with Crippen molar-refractivity contribution in [3.8, 4) is 0 Å². The van der Waals surface area contributed by atoms with Crippen molar-refractivity contribution >= 4 is 21.8 Å². The van der Waals surface area contributed by atoms with Gasteiger partial charge in [0.15, 0.2) is 0 Å². The first kappa shape index (κ1) is 13.7. The fraction of sp³-hybridized carbons (Fsp3) is 0.600. The number of rotatable bonds is 5. The molecule has 0 aromatic carbocycles. The van der Waals surface area contributed by atoms with E-state index in [4.69, 9.17) is 11.6 Å². The van der Waals surface area contributed by atoms with Crippen LogP contribution in [0.25, 0.3) is 0 Å². The van der Waals surface area contributed by atoms with Crippen molar-refractivity contribution in [1.82, 2.24) is 9.44 Å². The second kappa shape index (κ2) is 4.96. The summed E-state index contributed by atoms with van der Waals surface area (Å²) < 4.78 is 59.3. The molecule has 0 saturated carbocycles. The van der Waals surface area contributed by atoms with E-state index in [1.165, 1.54) is 4.72 Å². The van der Waals surface area contributed by atoms with Crippen LogP contribution in [0.4, 0.5) is 13.2 Å². The SMILES string of the molecule is C=C(Cl)CNS(=O)(=O)NCC(F)(F)F. The molecule has 0 heterocycles. The third-order valence-electron chi connectivity index (χ3n) is 0.917. The number of alkyl halides is 3. The second-order valence-corrected chi connectivity index (χ2v) is 4.40. The Morgan fingerprint density at radius 2 is 1.86 bits per heavy atom. The van der Waals surface area contributed by atoms with Crippen molar-refractivity contribution in [2.24, 2.45) is 0 Å². The lowest BCUT2D eigenvalue weighted by atomic mass is 10.7. The molecule has 0 spiro atoms. The minimum absolute atomic E-state index is 0.0256. The Kier molecular flexibility index (Phi) is 4.85. The van der Waals surface area contributed by atoms with Gasteiger partial charge in [0.25, 0.3) is 10.2 Å². The van der Waals surface area contributed by atoms with Gasteiger partial charge in [-0.1, -0.05) is 18.2 Å². The van der Waals surface area contributed by atoms with Crippen molar-refractivity contribution in [3.05, 3.63) is 11.6 Å². The number of nitrogens with one attached hydrogen (secondary N) is 2. The van der Waals surface area contributed by atoms with Crippen molar-refractivity contribution < 1.29 is 21.6 Å². The van der Waals surface area contributed by atoms with E-state index >= 15 is 0 Å². The summed E-state index contributed by atoms with van der Waals surface area (Å²) in [6.45, 7) is 1.20. The molecule has 0 unspecified atom stereocenters. The fourth-order valence-corrected chi connectivity index (χ4v) is 1.37. The topological polar surface area (TPSA) is 58.2 Å². The van der Waals surface area contributed by atoms with Crippen LogP contribution >= 0.6 is 11.6 Å². The highest BCUT2D eigenvalue weighted by Crippen LogP contribution is 2.12. The van der Waals surface area contributed by atoms with E-state index < -0.39 is 22.9 Å². The molecule has 0 saturated heterocycles. The van der Waals surface area contributed by atoms with Crippen LogP contribution in [0, 0.1) is 0 Å². The van der Waals surface area contributed by atoms with Crippen molar-refractivity contribution in [2.75, 3.05) is 13.1 Å². The third kappa shape index (κ3) is 8.30. The number of halogens is 4. The van der Waals surface area contributed by atoms with Crippen LogP contribution in [0.15, 0.2) is 11.6 Å². The van der Waals surface area contributed by atoms with Crippen LogP contribution in [-0.4, -0.2) is 27.7 Å². The molecule has 0 atom stereocenters. The zero-order chi connectivity index (χ0) is 11.4. The first-order valence-corrected chi connectivity index (χ1v) is 5.13. The normalized spacial score (nSPS) is 12.9. The molecule has 0 aliphatic carbocycles. The molecule has 0 aromatic rings. The Labute approximate surface area is 84.3 Å². The molecule has 0 radical (unpaired) electrons. The van der Waals surface area contributed by atoms with E-state index in [9.17, 15) is 21.6 Å². The monoisotopic (exact) mass is 252 g/mol. The van der Waals surface area contributed by atoms with Crippen LogP contribution in [0.1, 0.15) is 0 Å². The highest BCUT2D eigenvalue weighted by molar-refractivity contribution is 7.87. The molecule has 0 fully saturated rings. The molecule has 0 aliphatic rings. The Morgan fingerprint density at radius 1 is 1.36 bits per heavy atom. The summed E-state index contributed by atoms with van der Waals surface area (Å²) in [5, 5.41) is -0.0256. The number of hydrogen-bond acceptors (Lipinski definition) is 2. The smallest absolute Gasteiger partial charge is 0.197 e. The minimum atomic E-state index is -4.59. The molecule has 14 heavy (non-hydrogen) atoms. The maximum absolute atomic E-state index is 11.6. The van der Waals surface area contributed by atoms with Crippen LogP contribution in [0.5, 0.6) is 0 Å². The van der Waals surface area contributed by atoms with Gasteiger partial charge in [0.1, 0.15) is 6.54 Å². The van der Waals surface area contributed by atoms with Crippen LogP contribution < -0.4 is 9.44 Å². The summed E-state index contributed by atoms with van der Waals surface area (Å²) in [7, 11) is -4.18. The van der Waals surface area contributed by atoms with Gasteiger partial charge in [-0.3, -0.25) is 0 Å². The standard InChI is InChI=1S/C5H8ClF3N2O2S/c1-4(6)2-10-14(12,13)11-3-5(7,8)9/h10-11H,1-3H2. The zero-order valence-corrected chi connectivity index (χ0v) is 8.43. The zero-order valence-electron chi connectivity index (χ0n) is 6.86. The van der Waals surface area contributed by atoms with E-state index in [-0.39, 0.29) is 11.6 Å². The lowest BCUT2D eigenvalue weighted by Crippen LogP contribution is -2.41. The molecule has 0 amide bonds. The summed E-state index contributed by atoms with van der Waals surface area (Å²) in [6.07, 6.45) is -4.59. The summed E-state index contributed by atoms with van der Waals surface area (Å²) >= 11 is 5.20. The predicted molar refractivity (Wildman–Crippen MR) is 46.0 cm³/mol. The van der Waals surface area contributed by atoms with Crippen LogP contribution in [-0.2, 0) is 10.2 Å². The van der Waals surface area contributed by atoms with E-state index in [1.54, 1.807) is 4.72 Å². The summed E-state index contributed by atoms with van der Waals surface area (Å²) in [5.41, 5.74) is 0. The average molecular weight is 253 g/mol. The quantitative estimate of drug-likeness (QED) is 0.758. The fourth-order valence-electron chi connectivity index (χ4n) is 0.401. The maximum atomic E-state index is 11.6. The largest absolute Gasteiger partial charge is 0.402 e. The molecule has 0 aliphatic heterocycles. The van der Waals surface area contributed by atoms with Gasteiger partial charge in [-0.05, 0) is 0 Å². The van der Waals surface area contributed by atoms with E-state index in [2.05, 4.69) is 6.58 Å². The van der Waals surface area contributed by atoms with Gasteiger partial charge in [-0.2, -0.15) is 31.0 Å². The van der Waals surface area contributed by atoms with Gasteiger partial charge in [0, 0.05) is 11.6 Å². The lowest BCUT2D eigenvalue weighted by Gasteiger charge is -2.09. The first-order valence-electron chi connectivity index (χ1n) is 3.27. The molecular weight excluding hydrogens is 245 g/mol. The van der Waals surface area contributed by atoms with Crippen molar-refractivity contribution in [3.63, 3.8) is 0 Å². The summed E-state index contributed by atoms with van der Waals surface area (Å²) in [5.74, 6) is 0. The van der Waals surface area contributed by atoms with Crippen molar-refractivity contribution in [1.29, 1.82) is 0 Å². The molecular formula is C5H8ClF3N2O2S. The van der Waals surface area contributed by atoms with E-state index in [1.807, 2.05) is 0 Å². The number of hydrogen-bond donors (Lipinski definition) is 2. The summed E-state index contributed by atoms with van der Waals surface area (Å²) in [4.78, 5) is 0. The molecule has 84 valence electrons. The van der Waals surface area contributed by atoms with Crippen molar-refractivity contribution in [2.45, 2.75) is 6.18 Å². The van der Waals surface area contributed by atoms with Gasteiger partial charge in [-0.15, -0.1) is 0 Å². The Hall–Kier alpha value is -0.310. The van der Waals surface area contributed by atoms with Gasteiger partial charge in [0.05, 0.1) is 0 Å². The third-order valence-corrected chi connectivity index (χ3v) is 2.10. The van der Waals surface area contributed by atoms with Crippen LogP contribution in [0.2, 0.25) is 0 Å². The molecule has 0 aromatic heterocycles. The average Bonchev–Trinajstić information content (AvgIpc) is 1.97. The van der Waals surface area contributed by atoms with Gasteiger partial charge >= 0.3 is 6.18 Å². The van der Waals surface area contributed by atoms with Gasteiger partial charge in [-0.25, -0.2) is 0 Å². The summed E-state index contributed by atoms with van der Waals surface area (Å²) in [6, 6.07) is 0. The lowest BCUT2D eigenvalue weighted by molar-refractivity contribution is -0.121. The Morgan fingerprint density at radius 3 is 2.21 bits per heavy atom. The van der Waals surface area contributed by atoms with E-state index in [0.29, 0.717) is 0 Å². The Bertz CT molecular complexity index is 301. The highest BCUT2D eigenvalue weighted by Gasteiger charge is 2.29. The molecule has 4 nitrogen and oxygen atoms in total. The predicted octanol–water partition coefficient (Wildman–Crippen LogP) is 0.725. The van der Waals surface area contributed by atoms with Gasteiger partial charge in [0.2, 0.25) is 0 Å².